The highest BCUT2D eigenvalue weighted by molar-refractivity contribution is 5.33. The van der Waals surface area contributed by atoms with Crippen molar-refractivity contribution in [2.45, 2.75) is 103 Å². The monoisotopic (exact) mass is 420 g/mol. The first-order valence-corrected chi connectivity index (χ1v) is 12.7. The van der Waals surface area contributed by atoms with Gasteiger partial charge < -0.3 is 0 Å². The van der Waals surface area contributed by atoms with Crippen molar-refractivity contribution in [3.05, 3.63) is 34.6 Å². The average Bonchev–Trinajstić information content (AvgIpc) is 2.77. The third kappa shape index (κ3) is 5.07. The van der Waals surface area contributed by atoms with Crippen LogP contribution in [0.25, 0.3) is 0 Å². The summed E-state index contributed by atoms with van der Waals surface area (Å²) in [5, 5.41) is 0. The van der Waals surface area contributed by atoms with Gasteiger partial charge in [0.05, 0.1) is 0 Å². The van der Waals surface area contributed by atoms with Crippen LogP contribution in [0.5, 0.6) is 0 Å². The molecule has 0 amide bonds. The number of rotatable bonds is 6. The van der Waals surface area contributed by atoms with E-state index in [-0.39, 0.29) is 0 Å². The Labute approximate surface area is 181 Å². The van der Waals surface area contributed by atoms with Gasteiger partial charge in [-0.25, -0.2) is 13.2 Å². The Balaban J connectivity index is 1.20. The maximum Gasteiger partial charge on any atom is 0.194 e. The SMILES string of the molecule is CCCC1CCC(C2CCC(CCC3CCc4c(cc(F)c(F)c4F)C3)CC2)CC1. The topological polar surface area (TPSA) is 0 Å². The standard InChI is InChI=1S/C27H39F3/c1-2-3-18-6-11-21(12-7-18)22-13-8-19(9-14-22)4-5-20-10-15-24-23(16-20)17-25(28)27(30)26(24)29/h17-22H,2-16H2,1H3. The summed E-state index contributed by atoms with van der Waals surface area (Å²) < 4.78 is 41.1. The molecule has 3 heteroatoms. The van der Waals surface area contributed by atoms with E-state index in [4.69, 9.17) is 0 Å². The van der Waals surface area contributed by atoms with Crippen molar-refractivity contribution in [2.24, 2.45) is 29.6 Å². The number of hydrogen-bond acceptors (Lipinski definition) is 0. The molecule has 4 rings (SSSR count). The molecule has 0 heterocycles. The molecule has 1 aromatic carbocycles. The van der Waals surface area contributed by atoms with Crippen LogP contribution in [-0.2, 0) is 12.8 Å². The van der Waals surface area contributed by atoms with E-state index in [2.05, 4.69) is 6.92 Å². The minimum atomic E-state index is -1.30. The summed E-state index contributed by atoms with van der Waals surface area (Å²) in [6.45, 7) is 2.32. The maximum absolute atomic E-state index is 14.0. The molecule has 0 aliphatic heterocycles. The van der Waals surface area contributed by atoms with Gasteiger partial charge in [0.2, 0.25) is 0 Å². The fourth-order valence-electron chi connectivity index (χ4n) is 6.92. The van der Waals surface area contributed by atoms with Crippen LogP contribution in [0.1, 0.15) is 102 Å². The first-order chi connectivity index (χ1) is 14.5. The minimum Gasteiger partial charge on any atom is -0.204 e. The fraction of sp³-hybridized carbons (Fsp3) is 0.778. The van der Waals surface area contributed by atoms with Crippen LogP contribution in [-0.4, -0.2) is 0 Å². The zero-order valence-electron chi connectivity index (χ0n) is 18.7. The Bertz CT molecular complexity index is 697. The predicted octanol–water partition coefficient (Wildman–Crippen LogP) is 8.40. The second-order valence-electron chi connectivity index (χ2n) is 10.7. The predicted molar refractivity (Wildman–Crippen MR) is 117 cm³/mol. The van der Waals surface area contributed by atoms with Crippen LogP contribution >= 0.6 is 0 Å². The average molecular weight is 421 g/mol. The van der Waals surface area contributed by atoms with Crippen LogP contribution in [0, 0.1) is 47.0 Å². The van der Waals surface area contributed by atoms with Crippen molar-refractivity contribution < 1.29 is 13.2 Å². The molecule has 1 aromatic rings. The molecule has 0 N–H and O–H groups in total. The van der Waals surface area contributed by atoms with Gasteiger partial charge in [-0.05, 0) is 98.1 Å². The van der Waals surface area contributed by atoms with Crippen molar-refractivity contribution in [2.75, 3.05) is 0 Å². The van der Waals surface area contributed by atoms with Crippen molar-refractivity contribution in [1.82, 2.24) is 0 Å². The van der Waals surface area contributed by atoms with Crippen LogP contribution in [0.2, 0.25) is 0 Å². The summed E-state index contributed by atoms with van der Waals surface area (Å²) in [6.07, 6.45) is 18.8. The van der Waals surface area contributed by atoms with E-state index in [1.807, 2.05) is 0 Å². The lowest BCUT2D eigenvalue weighted by atomic mass is 9.68. The van der Waals surface area contributed by atoms with Crippen molar-refractivity contribution >= 4 is 0 Å². The highest BCUT2D eigenvalue weighted by Gasteiger charge is 2.31. The first-order valence-electron chi connectivity index (χ1n) is 12.7. The van der Waals surface area contributed by atoms with Crippen molar-refractivity contribution in [3.8, 4) is 0 Å². The molecule has 1 unspecified atom stereocenters. The summed E-state index contributed by atoms with van der Waals surface area (Å²) in [6, 6.07) is 1.24. The minimum absolute atomic E-state index is 0.416. The fourth-order valence-corrected chi connectivity index (χ4v) is 6.92. The summed E-state index contributed by atoms with van der Waals surface area (Å²) in [5.41, 5.74) is 1.12. The van der Waals surface area contributed by atoms with Gasteiger partial charge in [0, 0.05) is 0 Å². The molecular weight excluding hydrogens is 381 g/mol. The van der Waals surface area contributed by atoms with Gasteiger partial charge in [-0.2, -0.15) is 0 Å². The molecule has 0 saturated heterocycles. The molecule has 0 aromatic heterocycles. The zero-order valence-corrected chi connectivity index (χ0v) is 18.7. The molecule has 0 nitrogen and oxygen atoms in total. The summed E-state index contributed by atoms with van der Waals surface area (Å²) >= 11 is 0. The molecule has 0 radical (unpaired) electrons. The molecule has 30 heavy (non-hydrogen) atoms. The normalized spacial score (nSPS) is 32.1. The smallest absolute Gasteiger partial charge is 0.194 e. The van der Waals surface area contributed by atoms with Gasteiger partial charge in [-0.3, -0.25) is 0 Å². The summed E-state index contributed by atoms with van der Waals surface area (Å²) in [4.78, 5) is 0. The third-order valence-electron chi connectivity index (χ3n) is 8.80. The van der Waals surface area contributed by atoms with Gasteiger partial charge >= 0.3 is 0 Å². The Morgan fingerprint density at radius 3 is 1.87 bits per heavy atom. The molecule has 3 aliphatic carbocycles. The molecular formula is C27H39F3. The van der Waals surface area contributed by atoms with E-state index in [0.29, 0.717) is 29.9 Å². The third-order valence-corrected chi connectivity index (χ3v) is 8.80. The zero-order chi connectivity index (χ0) is 21.1. The van der Waals surface area contributed by atoms with Crippen LogP contribution < -0.4 is 0 Å². The summed E-state index contributed by atoms with van der Waals surface area (Å²) in [5.74, 6) is 0.989. The highest BCUT2D eigenvalue weighted by Crippen LogP contribution is 2.43. The number of benzene rings is 1. The number of halogens is 3. The molecule has 1 atom stereocenters. The molecule has 0 spiro atoms. The summed E-state index contributed by atoms with van der Waals surface area (Å²) in [7, 11) is 0. The van der Waals surface area contributed by atoms with E-state index >= 15 is 0 Å². The molecule has 0 bridgehead atoms. The molecule has 2 fully saturated rings. The van der Waals surface area contributed by atoms with Crippen molar-refractivity contribution in [1.29, 1.82) is 0 Å². The lowest BCUT2D eigenvalue weighted by Crippen LogP contribution is -2.26. The van der Waals surface area contributed by atoms with Crippen molar-refractivity contribution in [3.63, 3.8) is 0 Å². The van der Waals surface area contributed by atoms with E-state index in [1.165, 1.54) is 76.7 Å². The second kappa shape index (κ2) is 10.1. The number of fused-ring (bicyclic) bond motifs is 1. The Kier molecular flexibility index (Phi) is 7.47. The van der Waals surface area contributed by atoms with E-state index in [0.717, 1.165) is 36.5 Å². The maximum atomic E-state index is 14.0. The van der Waals surface area contributed by atoms with Gasteiger partial charge in [0.25, 0.3) is 0 Å². The Morgan fingerprint density at radius 2 is 1.27 bits per heavy atom. The second-order valence-corrected chi connectivity index (χ2v) is 10.7. The largest absolute Gasteiger partial charge is 0.204 e. The Morgan fingerprint density at radius 1 is 0.700 bits per heavy atom. The van der Waals surface area contributed by atoms with Gasteiger partial charge in [-0.1, -0.05) is 51.9 Å². The van der Waals surface area contributed by atoms with Crippen LogP contribution in [0.3, 0.4) is 0 Å². The highest BCUT2D eigenvalue weighted by atomic mass is 19.2. The molecule has 168 valence electrons. The quantitative estimate of drug-likeness (QED) is 0.405. The Hall–Kier alpha value is -0.990. The van der Waals surface area contributed by atoms with Gasteiger partial charge in [0.1, 0.15) is 0 Å². The van der Waals surface area contributed by atoms with E-state index in [9.17, 15) is 13.2 Å². The van der Waals surface area contributed by atoms with E-state index < -0.39 is 17.5 Å². The van der Waals surface area contributed by atoms with Gasteiger partial charge in [-0.15, -0.1) is 0 Å². The van der Waals surface area contributed by atoms with Gasteiger partial charge in [0.15, 0.2) is 17.5 Å². The molecule has 3 aliphatic rings. The number of hydrogen-bond donors (Lipinski definition) is 0. The lowest BCUT2D eigenvalue weighted by Gasteiger charge is -2.38. The first kappa shape index (κ1) is 22.2. The molecule has 2 saturated carbocycles. The lowest BCUT2D eigenvalue weighted by molar-refractivity contribution is 0.138. The van der Waals surface area contributed by atoms with Crippen LogP contribution in [0.15, 0.2) is 6.07 Å². The van der Waals surface area contributed by atoms with E-state index in [1.54, 1.807) is 0 Å². The van der Waals surface area contributed by atoms with Crippen LogP contribution in [0.4, 0.5) is 13.2 Å².